The van der Waals surface area contributed by atoms with E-state index >= 15 is 0 Å². The van der Waals surface area contributed by atoms with Gasteiger partial charge < -0.3 is 14.7 Å². The fourth-order valence-electron chi connectivity index (χ4n) is 3.38. The molecule has 1 aliphatic rings. The largest absolute Gasteiger partial charge is 0.487 e. The van der Waals surface area contributed by atoms with Gasteiger partial charge in [0, 0.05) is 18.8 Å². The zero-order valence-electron chi connectivity index (χ0n) is 15.6. The van der Waals surface area contributed by atoms with Crippen LogP contribution in [0.1, 0.15) is 31.0 Å². The van der Waals surface area contributed by atoms with Crippen molar-refractivity contribution in [3.05, 3.63) is 66.0 Å². The number of piperidine rings is 1. The number of hydrogen-bond acceptors (Lipinski definition) is 4. The number of amides is 1. The van der Waals surface area contributed by atoms with Gasteiger partial charge >= 0.3 is 0 Å². The summed E-state index contributed by atoms with van der Waals surface area (Å²) in [7, 11) is 0. The molecule has 1 N–H and O–H groups in total. The highest BCUT2D eigenvalue weighted by atomic mass is 16.5. The smallest absolute Gasteiger partial charge is 0.246 e. The SMILES string of the molecule is CC1CCCN(C(=O)/C=C/c2ccc(OCc3ccccn3)cc2)C1CO. The number of aliphatic hydroxyl groups is 1. The second kappa shape index (κ2) is 9.33. The number of likely N-dealkylation sites (tertiary alicyclic amines) is 1. The Labute approximate surface area is 160 Å². The van der Waals surface area contributed by atoms with Crippen LogP contribution < -0.4 is 4.74 Å². The van der Waals surface area contributed by atoms with Gasteiger partial charge in [-0.1, -0.05) is 25.1 Å². The van der Waals surface area contributed by atoms with Gasteiger partial charge in [0.2, 0.25) is 5.91 Å². The third-order valence-corrected chi connectivity index (χ3v) is 5.00. The first-order valence-electron chi connectivity index (χ1n) is 9.39. The molecule has 1 amide bonds. The predicted molar refractivity (Wildman–Crippen MR) is 105 cm³/mol. The van der Waals surface area contributed by atoms with Gasteiger partial charge in [0.05, 0.1) is 18.3 Å². The fourth-order valence-corrected chi connectivity index (χ4v) is 3.38. The molecular formula is C22H26N2O3. The molecule has 2 aromatic rings. The molecule has 5 heteroatoms. The first kappa shape index (κ1) is 19.1. The lowest BCUT2D eigenvalue weighted by molar-refractivity contribution is -0.132. The van der Waals surface area contributed by atoms with E-state index in [1.807, 2.05) is 42.5 Å². The Morgan fingerprint density at radius 1 is 1.30 bits per heavy atom. The quantitative estimate of drug-likeness (QED) is 0.797. The Hall–Kier alpha value is -2.66. The van der Waals surface area contributed by atoms with E-state index in [0.717, 1.165) is 29.8 Å². The molecule has 0 spiro atoms. The lowest BCUT2D eigenvalue weighted by Crippen LogP contribution is -2.49. The van der Waals surface area contributed by atoms with Crippen LogP contribution in [0.2, 0.25) is 0 Å². The van der Waals surface area contributed by atoms with Gasteiger partial charge in [0.25, 0.3) is 0 Å². The van der Waals surface area contributed by atoms with E-state index in [2.05, 4.69) is 11.9 Å². The van der Waals surface area contributed by atoms with Crippen LogP contribution in [-0.2, 0) is 11.4 Å². The summed E-state index contributed by atoms with van der Waals surface area (Å²) in [5.41, 5.74) is 1.81. The Balaban J connectivity index is 1.56. The molecule has 2 heterocycles. The fraction of sp³-hybridized carbons (Fsp3) is 0.364. The van der Waals surface area contributed by atoms with E-state index in [1.165, 1.54) is 0 Å². The highest BCUT2D eigenvalue weighted by molar-refractivity contribution is 5.92. The summed E-state index contributed by atoms with van der Waals surface area (Å²) in [4.78, 5) is 18.5. The number of benzene rings is 1. The molecule has 0 saturated carbocycles. The maximum absolute atomic E-state index is 12.5. The van der Waals surface area contributed by atoms with Crippen molar-refractivity contribution in [1.82, 2.24) is 9.88 Å². The van der Waals surface area contributed by atoms with Gasteiger partial charge in [0.15, 0.2) is 0 Å². The number of nitrogens with zero attached hydrogens (tertiary/aromatic N) is 2. The van der Waals surface area contributed by atoms with Gasteiger partial charge in [0.1, 0.15) is 12.4 Å². The summed E-state index contributed by atoms with van der Waals surface area (Å²) in [5, 5.41) is 9.59. The summed E-state index contributed by atoms with van der Waals surface area (Å²) in [6.45, 7) is 3.24. The number of aliphatic hydroxyl groups excluding tert-OH is 1. The maximum Gasteiger partial charge on any atom is 0.246 e. The minimum atomic E-state index is -0.0849. The topological polar surface area (TPSA) is 62.7 Å². The maximum atomic E-state index is 12.5. The van der Waals surface area contributed by atoms with Crippen molar-refractivity contribution in [2.24, 2.45) is 5.92 Å². The van der Waals surface area contributed by atoms with Gasteiger partial charge in [-0.25, -0.2) is 0 Å². The summed E-state index contributed by atoms with van der Waals surface area (Å²) >= 11 is 0. The minimum absolute atomic E-state index is 0.0169. The number of carbonyl (C=O) groups excluding carboxylic acids is 1. The molecule has 27 heavy (non-hydrogen) atoms. The van der Waals surface area contributed by atoms with Crippen LogP contribution in [0.4, 0.5) is 0 Å². The average Bonchev–Trinajstić information content (AvgIpc) is 2.72. The predicted octanol–water partition coefficient (Wildman–Crippen LogP) is 3.29. The normalized spacial score (nSPS) is 20.0. The van der Waals surface area contributed by atoms with E-state index in [0.29, 0.717) is 19.1 Å². The van der Waals surface area contributed by atoms with Crippen molar-refractivity contribution < 1.29 is 14.6 Å². The third-order valence-electron chi connectivity index (χ3n) is 5.00. The molecule has 0 bridgehead atoms. The molecule has 1 aliphatic heterocycles. The lowest BCUT2D eigenvalue weighted by atomic mass is 9.91. The summed E-state index contributed by atoms with van der Waals surface area (Å²) < 4.78 is 5.72. The Bertz CT molecular complexity index is 759. The van der Waals surface area contributed by atoms with E-state index in [1.54, 1.807) is 23.2 Å². The molecule has 0 aliphatic carbocycles. The molecule has 2 atom stereocenters. The number of rotatable bonds is 6. The minimum Gasteiger partial charge on any atom is -0.487 e. The second-order valence-corrected chi connectivity index (χ2v) is 6.91. The monoisotopic (exact) mass is 366 g/mol. The molecule has 1 aromatic heterocycles. The van der Waals surface area contributed by atoms with Gasteiger partial charge in [-0.05, 0) is 54.7 Å². The molecule has 1 aromatic carbocycles. The number of pyridine rings is 1. The first-order chi connectivity index (χ1) is 13.2. The van der Waals surface area contributed by atoms with Gasteiger partial charge in [-0.2, -0.15) is 0 Å². The van der Waals surface area contributed by atoms with Crippen LogP contribution in [0, 0.1) is 5.92 Å². The molecule has 5 nitrogen and oxygen atoms in total. The van der Waals surface area contributed by atoms with Gasteiger partial charge in [-0.15, -0.1) is 0 Å². The van der Waals surface area contributed by atoms with E-state index in [4.69, 9.17) is 4.74 Å². The highest BCUT2D eigenvalue weighted by Gasteiger charge is 2.30. The average molecular weight is 366 g/mol. The zero-order chi connectivity index (χ0) is 19.1. The van der Waals surface area contributed by atoms with Crippen molar-refractivity contribution >= 4 is 12.0 Å². The van der Waals surface area contributed by atoms with Crippen LogP contribution in [0.25, 0.3) is 6.08 Å². The summed E-state index contributed by atoms with van der Waals surface area (Å²) in [5.74, 6) is 1.04. The Kier molecular flexibility index (Phi) is 6.60. The number of carbonyl (C=O) groups is 1. The highest BCUT2D eigenvalue weighted by Crippen LogP contribution is 2.23. The van der Waals surface area contributed by atoms with Gasteiger partial charge in [-0.3, -0.25) is 9.78 Å². The third kappa shape index (κ3) is 5.17. The van der Waals surface area contributed by atoms with Crippen LogP contribution in [-0.4, -0.2) is 40.1 Å². The molecule has 142 valence electrons. The molecule has 2 unspecified atom stereocenters. The Morgan fingerprint density at radius 3 is 2.81 bits per heavy atom. The van der Waals surface area contributed by atoms with Crippen LogP contribution >= 0.6 is 0 Å². The number of ether oxygens (including phenoxy) is 1. The van der Waals surface area contributed by atoms with Crippen molar-refractivity contribution in [3.8, 4) is 5.75 Å². The standard InChI is InChI=1S/C22H26N2O3/c1-17-5-4-14-24(21(17)15-25)22(26)12-9-18-7-10-20(11-8-18)27-16-19-6-2-3-13-23-19/h2-3,6-13,17,21,25H,4-5,14-16H2,1H3/b12-9+. The molecule has 0 radical (unpaired) electrons. The van der Waals surface area contributed by atoms with Crippen LogP contribution in [0.15, 0.2) is 54.7 Å². The van der Waals surface area contributed by atoms with Crippen LogP contribution in [0.5, 0.6) is 5.75 Å². The molecule has 3 rings (SSSR count). The van der Waals surface area contributed by atoms with Crippen molar-refractivity contribution in [2.45, 2.75) is 32.4 Å². The van der Waals surface area contributed by atoms with Crippen molar-refractivity contribution in [2.75, 3.05) is 13.2 Å². The Morgan fingerprint density at radius 2 is 2.11 bits per heavy atom. The summed E-state index contributed by atoms with van der Waals surface area (Å²) in [6, 6.07) is 13.2. The molecular weight excluding hydrogens is 340 g/mol. The number of aromatic nitrogens is 1. The molecule has 1 fully saturated rings. The van der Waals surface area contributed by atoms with Crippen molar-refractivity contribution in [3.63, 3.8) is 0 Å². The summed E-state index contributed by atoms with van der Waals surface area (Å²) in [6.07, 6.45) is 7.18. The number of hydrogen-bond donors (Lipinski definition) is 1. The first-order valence-corrected chi connectivity index (χ1v) is 9.39. The van der Waals surface area contributed by atoms with E-state index < -0.39 is 0 Å². The lowest BCUT2D eigenvalue weighted by Gasteiger charge is -2.38. The van der Waals surface area contributed by atoms with Crippen molar-refractivity contribution in [1.29, 1.82) is 0 Å². The molecule has 1 saturated heterocycles. The van der Waals surface area contributed by atoms with E-state index in [-0.39, 0.29) is 18.6 Å². The zero-order valence-corrected chi connectivity index (χ0v) is 15.6. The van der Waals surface area contributed by atoms with Crippen LogP contribution in [0.3, 0.4) is 0 Å². The van der Waals surface area contributed by atoms with E-state index in [9.17, 15) is 9.90 Å². The second-order valence-electron chi connectivity index (χ2n) is 6.91.